The minimum atomic E-state index is 0.716. The van der Waals surface area contributed by atoms with E-state index in [2.05, 4.69) is 15.9 Å². The van der Waals surface area contributed by atoms with E-state index >= 15 is 0 Å². The number of aromatic nitrogens is 2. The van der Waals surface area contributed by atoms with Crippen molar-refractivity contribution in [1.29, 1.82) is 0 Å². The molecule has 15 heavy (non-hydrogen) atoms. The second-order valence-corrected chi connectivity index (χ2v) is 3.45. The zero-order valence-corrected chi connectivity index (χ0v) is 8.70. The van der Waals surface area contributed by atoms with Gasteiger partial charge in [0.05, 0.1) is 22.4 Å². The van der Waals surface area contributed by atoms with Gasteiger partial charge in [-0.1, -0.05) is 12.1 Å². The average molecular weight is 196 g/mol. The molecule has 0 radical (unpaired) electrons. The van der Waals surface area contributed by atoms with Gasteiger partial charge in [0, 0.05) is 12.8 Å². The van der Waals surface area contributed by atoms with Gasteiger partial charge in [0.2, 0.25) is 0 Å². The van der Waals surface area contributed by atoms with Crippen LogP contribution in [0.25, 0.3) is 11.0 Å². The van der Waals surface area contributed by atoms with Crippen LogP contribution in [0.2, 0.25) is 0 Å². The number of hydrogen-bond acceptors (Lipinski definition) is 2. The van der Waals surface area contributed by atoms with Crippen molar-refractivity contribution in [1.82, 2.24) is 9.97 Å². The quantitative estimate of drug-likeness (QED) is 0.690. The number of terminal acetylenes is 1. The molecule has 2 rings (SSSR count). The Morgan fingerprint density at radius 3 is 2.53 bits per heavy atom. The van der Waals surface area contributed by atoms with Crippen molar-refractivity contribution in [2.75, 3.05) is 0 Å². The molecule has 0 aliphatic heterocycles. The van der Waals surface area contributed by atoms with Gasteiger partial charge in [-0.25, -0.2) is 9.97 Å². The third kappa shape index (κ3) is 1.97. The van der Waals surface area contributed by atoms with Crippen molar-refractivity contribution < 1.29 is 0 Å². The van der Waals surface area contributed by atoms with E-state index in [1.165, 1.54) is 0 Å². The Morgan fingerprint density at radius 2 is 1.87 bits per heavy atom. The standard InChI is InChI=1S/C13H12N2/c1-3-4-7-11-10(2)14-12-8-5-6-9-13(12)15-11/h1,5-6,8-9H,4,7H2,2H3. The summed E-state index contributed by atoms with van der Waals surface area (Å²) in [5.41, 5.74) is 3.87. The van der Waals surface area contributed by atoms with Crippen molar-refractivity contribution >= 4 is 11.0 Å². The first-order chi connectivity index (χ1) is 7.31. The van der Waals surface area contributed by atoms with E-state index in [0.29, 0.717) is 6.42 Å². The molecule has 0 fully saturated rings. The monoisotopic (exact) mass is 196 g/mol. The fourth-order valence-corrected chi connectivity index (χ4v) is 1.55. The summed E-state index contributed by atoms with van der Waals surface area (Å²) in [6.07, 6.45) is 6.76. The summed E-state index contributed by atoms with van der Waals surface area (Å²) in [5, 5.41) is 0. The van der Waals surface area contributed by atoms with E-state index in [1.807, 2.05) is 31.2 Å². The molecular weight excluding hydrogens is 184 g/mol. The normalized spacial score (nSPS) is 10.1. The number of nitrogens with zero attached hydrogens (tertiary/aromatic N) is 2. The Hall–Kier alpha value is -1.88. The first-order valence-corrected chi connectivity index (χ1v) is 4.97. The summed E-state index contributed by atoms with van der Waals surface area (Å²) >= 11 is 0. The minimum absolute atomic E-state index is 0.716. The minimum Gasteiger partial charge on any atom is -0.250 e. The van der Waals surface area contributed by atoms with Crippen LogP contribution in [-0.4, -0.2) is 9.97 Å². The Kier molecular flexibility index (Phi) is 2.64. The molecule has 1 heterocycles. The highest BCUT2D eigenvalue weighted by Crippen LogP contribution is 2.13. The predicted octanol–water partition coefficient (Wildman–Crippen LogP) is 2.50. The van der Waals surface area contributed by atoms with Crippen molar-refractivity contribution in [3.05, 3.63) is 35.7 Å². The van der Waals surface area contributed by atoms with Gasteiger partial charge in [-0.2, -0.15) is 0 Å². The number of hydrogen-bond donors (Lipinski definition) is 0. The molecule has 0 bridgehead atoms. The van der Waals surface area contributed by atoms with E-state index < -0.39 is 0 Å². The molecule has 0 saturated carbocycles. The van der Waals surface area contributed by atoms with Crippen LogP contribution in [0.1, 0.15) is 17.8 Å². The third-order valence-corrected chi connectivity index (χ3v) is 2.35. The highest BCUT2D eigenvalue weighted by molar-refractivity contribution is 5.74. The molecule has 2 aromatic rings. The van der Waals surface area contributed by atoms with Crippen LogP contribution in [0.3, 0.4) is 0 Å². The SMILES string of the molecule is C#CCCc1nc2ccccc2nc1C. The lowest BCUT2D eigenvalue weighted by molar-refractivity contribution is 0.933. The van der Waals surface area contributed by atoms with Crippen LogP contribution < -0.4 is 0 Å². The van der Waals surface area contributed by atoms with Crippen LogP contribution >= 0.6 is 0 Å². The van der Waals surface area contributed by atoms with Gasteiger partial charge in [-0.05, 0) is 19.1 Å². The second kappa shape index (κ2) is 4.10. The number of aryl methyl sites for hydroxylation is 2. The number of fused-ring (bicyclic) bond motifs is 1. The molecular formula is C13H12N2. The average Bonchev–Trinajstić information content (AvgIpc) is 2.26. The molecule has 0 spiro atoms. The van der Waals surface area contributed by atoms with Gasteiger partial charge in [-0.3, -0.25) is 0 Å². The van der Waals surface area contributed by atoms with E-state index in [1.54, 1.807) is 0 Å². The lowest BCUT2D eigenvalue weighted by Gasteiger charge is -2.04. The molecule has 0 N–H and O–H groups in total. The van der Waals surface area contributed by atoms with Crippen LogP contribution in [0.5, 0.6) is 0 Å². The molecule has 0 amide bonds. The summed E-state index contributed by atoms with van der Waals surface area (Å²) in [4.78, 5) is 9.05. The fraction of sp³-hybridized carbons (Fsp3) is 0.231. The summed E-state index contributed by atoms with van der Waals surface area (Å²) in [7, 11) is 0. The zero-order valence-electron chi connectivity index (χ0n) is 8.70. The Labute approximate surface area is 89.4 Å². The molecule has 0 atom stereocenters. The first-order valence-electron chi connectivity index (χ1n) is 4.97. The molecule has 1 aromatic heterocycles. The van der Waals surface area contributed by atoms with Gasteiger partial charge in [-0.15, -0.1) is 12.3 Å². The van der Waals surface area contributed by atoms with Crippen molar-refractivity contribution in [2.45, 2.75) is 19.8 Å². The van der Waals surface area contributed by atoms with E-state index in [0.717, 1.165) is 28.8 Å². The van der Waals surface area contributed by atoms with Crippen LogP contribution in [0.15, 0.2) is 24.3 Å². The first kappa shape index (κ1) is 9.67. The third-order valence-electron chi connectivity index (χ3n) is 2.35. The summed E-state index contributed by atoms with van der Waals surface area (Å²) in [5.74, 6) is 2.62. The Morgan fingerprint density at radius 1 is 1.20 bits per heavy atom. The molecule has 0 saturated heterocycles. The maximum atomic E-state index is 5.24. The van der Waals surface area contributed by atoms with Crippen LogP contribution in [0, 0.1) is 19.3 Å². The molecule has 2 nitrogen and oxygen atoms in total. The largest absolute Gasteiger partial charge is 0.250 e. The maximum absolute atomic E-state index is 5.24. The number of rotatable bonds is 2. The smallest absolute Gasteiger partial charge is 0.0890 e. The van der Waals surface area contributed by atoms with Gasteiger partial charge in [0.25, 0.3) is 0 Å². The van der Waals surface area contributed by atoms with Gasteiger partial charge < -0.3 is 0 Å². The van der Waals surface area contributed by atoms with Gasteiger partial charge in [0.15, 0.2) is 0 Å². The molecule has 0 aliphatic carbocycles. The van der Waals surface area contributed by atoms with Crippen molar-refractivity contribution in [3.63, 3.8) is 0 Å². The number of benzene rings is 1. The molecule has 2 heteroatoms. The fourth-order valence-electron chi connectivity index (χ4n) is 1.55. The Balaban J connectivity index is 2.48. The van der Waals surface area contributed by atoms with Crippen LogP contribution in [0.4, 0.5) is 0 Å². The van der Waals surface area contributed by atoms with Crippen molar-refractivity contribution in [3.8, 4) is 12.3 Å². The summed E-state index contributed by atoms with van der Waals surface area (Å²) < 4.78 is 0. The highest BCUT2D eigenvalue weighted by atomic mass is 14.8. The van der Waals surface area contributed by atoms with E-state index in [-0.39, 0.29) is 0 Å². The second-order valence-electron chi connectivity index (χ2n) is 3.45. The summed E-state index contributed by atoms with van der Waals surface area (Å²) in [6.45, 7) is 1.98. The predicted molar refractivity (Wildman–Crippen MR) is 61.4 cm³/mol. The van der Waals surface area contributed by atoms with Gasteiger partial charge in [0.1, 0.15) is 0 Å². The molecule has 1 aromatic carbocycles. The van der Waals surface area contributed by atoms with Crippen molar-refractivity contribution in [2.24, 2.45) is 0 Å². The van der Waals surface area contributed by atoms with E-state index in [4.69, 9.17) is 6.42 Å². The number of para-hydroxylation sites is 2. The summed E-state index contributed by atoms with van der Waals surface area (Å²) in [6, 6.07) is 7.89. The highest BCUT2D eigenvalue weighted by Gasteiger charge is 2.03. The topological polar surface area (TPSA) is 25.8 Å². The molecule has 0 aliphatic rings. The molecule has 74 valence electrons. The molecule has 0 unspecified atom stereocenters. The van der Waals surface area contributed by atoms with Gasteiger partial charge >= 0.3 is 0 Å². The lowest BCUT2D eigenvalue weighted by atomic mass is 10.2. The lowest BCUT2D eigenvalue weighted by Crippen LogP contribution is -1.98. The Bertz CT molecular complexity index is 524. The van der Waals surface area contributed by atoms with Crippen LogP contribution in [-0.2, 0) is 6.42 Å². The zero-order chi connectivity index (χ0) is 10.7. The van der Waals surface area contributed by atoms with E-state index in [9.17, 15) is 0 Å². The maximum Gasteiger partial charge on any atom is 0.0890 e.